The van der Waals surface area contributed by atoms with E-state index in [2.05, 4.69) is 5.32 Å². The van der Waals surface area contributed by atoms with Crippen molar-refractivity contribution in [2.45, 2.75) is 19.9 Å². The van der Waals surface area contributed by atoms with Crippen LogP contribution in [0.2, 0.25) is 0 Å². The molecule has 0 aromatic heterocycles. The van der Waals surface area contributed by atoms with Gasteiger partial charge in [0.15, 0.2) is 0 Å². The van der Waals surface area contributed by atoms with E-state index >= 15 is 0 Å². The van der Waals surface area contributed by atoms with Crippen LogP contribution < -0.4 is 15.8 Å². The first kappa shape index (κ1) is 12.5. The van der Waals surface area contributed by atoms with Gasteiger partial charge in [-0.05, 0) is 26.0 Å². The third kappa shape index (κ3) is 2.97. The predicted octanol–water partition coefficient (Wildman–Crippen LogP) is 1.08. The minimum absolute atomic E-state index is 0.0438. The lowest BCUT2D eigenvalue weighted by Gasteiger charge is -2.13. The summed E-state index contributed by atoms with van der Waals surface area (Å²) in [5.41, 5.74) is 7.02. The van der Waals surface area contributed by atoms with E-state index in [4.69, 9.17) is 10.5 Å². The molecule has 1 rings (SSSR count). The molecule has 1 atom stereocenters. The lowest BCUT2D eigenvalue weighted by Crippen LogP contribution is -2.37. The lowest BCUT2D eigenvalue weighted by molar-refractivity contribution is 0.0938. The van der Waals surface area contributed by atoms with Gasteiger partial charge in [0.1, 0.15) is 5.75 Å². The van der Waals surface area contributed by atoms with E-state index < -0.39 is 0 Å². The number of nitrogens with one attached hydrogen (secondary N) is 1. The standard InChI is InChI=1S/C12H18N2O2/c1-8-4-5-11(16-3)10(6-8)12(15)14-9(2)7-13/h4-6,9H,7,13H2,1-3H3,(H,14,15). The summed E-state index contributed by atoms with van der Waals surface area (Å²) in [6, 6.07) is 5.45. The maximum absolute atomic E-state index is 11.9. The van der Waals surface area contributed by atoms with Crippen molar-refractivity contribution in [2.24, 2.45) is 5.73 Å². The van der Waals surface area contributed by atoms with Crippen LogP contribution in [0.5, 0.6) is 5.75 Å². The Morgan fingerprint density at radius 3 is 2.81 bits per heavy atom. The van der Waals surface area contributed by atoms with Crippen LogP contribution in [0.4, 0.5) is 0 Å². The molecule has 0 aliphatic carbocycles. The Kier molecular flexibility index (Phi) is 4.31. The van der Waals surface area contributed by atoms with E-state index in [0.717, 1.165) is 5.56 Å². The van der Waals surface area contributed by atoms with E-state index in [1.165, 1.54) is 0 Å². The van der Waals surface area contributed by atoms with Gasteiger partial charge in [0.25, 0.3) is 5.91 Å². The van der Waals surface area contributed by atoms with Gasteiger partial charge in [0.2, 0.25) is 0 Å². The van der Waals surface area contributed by atoms with Gasteiger partial charge in [0, 0.05) is 12.6 Å². The van der Waals surface area contributed by atoms with E-state index in [1.807, 2.05) is 19.9 Å². The largest absolute Gasteiger partial charge is 0.496 e. The summed E-state index contributed by atoms with van der Waals surface area (Å²) >= 11 is 0. The lowest BCUT2D eigenvalue weighted by atomic mass is 10.1. The molecule has 0 fully saturated rings. The molecule has 88 valence electrons. The highest BCUT2D eigenvalue weighted by Gasteiger charge is 2.13. The van der Waals surface area contributed by atoms with Crippen LogP contribution in [0.1, 0.15) is 22.8 Å². The van der Waals surface area contributed by atoms with Crippen molar-refractivity contribution in [3.05, 3.63) is 29.3 Å². The number of aryl methyl sites for hydroxylation is 1. The van der Waals surface area contributed by atoms with Gasteiger partial charge < -0.3 is 15.8 Å². The van der Waals surface area contributed by atoms with E-state index in [1.54, 1.807) is 19.2 Å². The smallest absolute Gasteiger partial charge is 0.255 e. The highest BCUT2D eigenvalue weighted by atomic mass is 16.5. The van der Waals surface area contributed by atoms with Crippen LogP contribution in [-0.2, 0) is 0 Å². The molecule has 0 radical (unpaired) electrons. The summed E-state index contributed by atoms with van der Waals surface area (Å²) < 4.78 is 5.14. The monoisotopic (exact) mass is 222 g/mol. The second-order valence-corrected chi connectivity index (χ2v) is 3.81. The normalized spacial score (nSPS) is 12.0. The van der Waals surface area contributed by atoms with E-state index in [9.17, 15) is 4.79 Å². The molecular weight excluding hydrogens is 204 g/mol. The Bertz CT molecular complexity index is 377. The third-order valence-electron chi connectivity index (χ3n) is 2.33. The van der Waals surface area contributed by atoms with Gasteiger partial charge in [-0.3, -0.25) is 4.79 Å². The molecule has 0 heterocycles. The van der Waals surface area contributed by atoms with Crippen molar-refractivity contribution in [3.8, 4) is 5.75 Å². The van der Waals surface area contributed by atoms with Crippen LogP contribution in [-0.4, -0.2) is 25.6 Å². The number of methoxy groups -OCH3 is 1. The summed E-state index contributed by atoms with van der Waals surface area (Å²) in [4.78, 5) is 11.9. The minimum Gasteiger partial charge on any atom is -0.496 e. The van der Waals surface area contributed by atoms with Crippen LogP contribution >= 0.6 is 0 Å². The van der Waals surface area contributed by atoms with Crippen molar-refractivity contribution in [2.75, 3.05) is 13.7 Å². The molecule has 0 bridgehead atoms. The molecule has 3 N–H and O–H groups in total. The highest BCUT2D eigenvalue weighted by molar-refractivity contribution is 5.97. The fraction of sp³-hybridized carbons (Fsp3) is 0.417. The molecule has 0 aliphatic heterocycles. The number of hydrogen-bond acceptors (Lipinski definition) is 3. The second kappa shape index (κ2) is 5.51. The van der Waals surface area contributed by atoms with E-state index in [-0.39, 0.29) is 11.9 Å². The molecule has 0 saturated carbocycles. The topological polar surface area (TPSA) is 64.3 Å². The number of hydrogen-bond donors (Lipinski definition) is 2. The number of ether oxygens (including phenoxy) is 1. The maximum atomic E-state index is 11.9. The van der Waals surface area contributed by atoms with Crippen molar-refractivity contribution in [3.63, 3.8) is 0 Å². The maximum Gasteiger partial charge on any atom is 0.255 e. The first-order valence-electron chi connectivity index (χ1n) is 5.24. The second-order valence-electron chi connectivity index (χ2n) is 3.81. The molecule has 1 amide bonds. The molecule has 1 aromatic rings. The number of rotatable bonds is 4. The van der Waals surface area contributed by atoms with Gasteiger partial charge >= 0.3 is 0 Å². The fourth-order valence-electron chi connectivity index (χ4n) is 1.36. The first-order valence-corrected chi connectivity index (χ1v) is 5.24. The summed E-state index contributed by atoms with van der Waals surface area (Å²) in [6.45, 7) is 4.21. The number of nitrogens with two attached hydrogens (primary N) is 1. The zero-order valence-electron chi connectivity index (χ0n) is 9.91. The molecular formula is C12H18N2O2. The summed E-state index contributed by atoms with van der Waals surface area (Å²) in [6.07, 6.45) is 0. The molecule has 0 aliphatic rings. The summed E-state index contributed by atoms with van der Waals surface area (Å²) in [7, 11) is 1.55. The predicted molar refractivity (Wildman–Crippen MR) is 63.7 cm³/mol. The van der Waals surface area contributed by atoms with Crippen LogP contribution in [0.15, 0.2) is 18.2 Å². The third-order valence-corrected chi connectivity index (χ3v) is 2.33. The summed E-state index contributed by atoms with van der Waals surface area (Å²) in [5.74, 6) is 0.422. The summed E-state index contributed by atoms with van der Waals surface area (Å²) in [5, 5.41) is 2.80. The molecule has 0 saturated heterocycles. The SMILES string of the molecule is COc1ccc(C)cc1C(=O)NC(C)CN. The zero-order chi connectivity index (χ0) is 12.1. The molecule has 0 spiro atoms. The zero-order valence-corrected chi connectivity index (χ0v) is 9.91. The fourth-order valence-corrected chi connectivity index (χ4v) is 1.36. The van der Waals surface area contributed by atoms with Crippen molar-refractivity contribution < 1.29 is 9.53 Å². The Morgan fingerprint density at radius 1 is 1.56 bits per heavy atom. The van der Waals surface area contributed by atoms with Gasteiger partial charge in [-0.25, -0.2) is 0 Å². The van der Waals surface area contributed by atoms with Gasteiger partial charge in [-0.2, -0.15) is 0 Å². The molecule has 1 aromatic carbocycles. The number of carbonyl (C=O) groups excluding carboxylic acids is 1. The molecule has 1 unspecified atom stereocenters. The quantitative estimate of drug-likeness (QED) is 0.801. The number of carbonyl (C=O) groups is 1. The molecule has 16 heavy (non-hydrogen) atoms. The molecule has 4 nitrogen and oxygen atoms in total. The Balaban J connectivity index is 2.93. The Hall–Kier alpha value is -1.55. The number of benzene rings is 1. The van der Waals surface area contributed by atoms with Crippen LogP contribution in [0, 0.1) is 6.92 Å². The van der Waals surface area contributed by atoms with Crippen molar-refractivity contribution >= 4 is 5.91 Å². The average Bonchev–Trinajstić information content (AvgIpc) is 2.28. The van der Waals surface area contributed by atoms with Gasteiger partial charge in [-0.1, -0.05) is 11.6 Å². The molecule has 4 heteroatoms. The Morgan fingerprint density at radius 2 is 2.25 bits per heavy atom. The van der Waals surface area contributed by atoms with Crippen LogP contribution in [0.25, 0.3) is 0 Å². The highest BCUT2D eigenvalue weighted by Crippen LogP contribution is 2.19. The Labute approximate surface area is 95.8 Å². The van der Waals surface area contributed by atoms with E-state index in [0.29, 0.717) is 17.9 Å². The minimum atomic E-state index is -0.154. The van der Waals surface area contributed by atoms with Gasteiger partial charge in [-0.15, -0.1) is 0 Å². The first-order chi connectivity index (χ1) is 7.58. The van der Waals surface area contributed by atoms with Gasteiger partial charge in [0.05, 0.1) is 12.7 Å². The average molecular weight is 222 g/mol. The van der Waals surface area contributed by atoms with Crippen molar-refractivity contribution in [1.82, 2.24) is 5.32 Å². The van der Waals surface area contributed by atoms with Crippen molar-refractivity contribution in [1.29, 1.82) is 0 Å². The van der Waals surface area contributed by atoms with Crippen LogP contribution in [0.3, 0.4) is 0 Å². The number of amides is 1.